The van der Waals surface area contributed by atoms with Crippen LogP contribution >= 0.6 is 0 Å². The average Bonchev–Trinajstić information content (AvgIpc) is 2.50. The lowest BCUT2D eigenvalue weighted by Crippen LogP contribution is -1.83. The first-order valence-corrected chi connectivity index (χ1v) is 9.67. The topological polar surface area (TPSA) is 20.2 Å². The SMILES string of the molecule is CCCCCCCCCCCCCCCCCC=CCO. The second-order valence-corrected chi connectivity index (χ2v) is 6.39. The van der Waals surface area contributed by atoms with Crippen molar-refractivity contribution in [3.05, 3.63) is 12.2 Å². The molecule has 0 aromatic rings. The van der Waals surface area contributed by atoms with E-state index in [1.165, 1.54) is 96.3 Å². The zero-order valence-corrected chi connectivity index (χ0v) is 14.6. The highest BCUT2D eigenvalue weighted by Gasteiger charge is 1.93. The molecule has 0 unspecified atom stereocenters. The molecule has 0 saturated heterocycles. The van der Waals surface area contributed by atoms with E-state index < -0.39 is 0 Å². The molecule has 21 heavy (non-hydrogen) atoms. The van der Waals surface area contributed by atoms with Gasteiger partial charge < -0.3 is 5.11 Å². The van der Waals surface area contributed by atoms with Crippen molar-refractivity contribution in [2.24, 2.45) is 0 Å². The van der Waals surface area contributed by atoms with E-state index in [9.17, 15) is 0 Å². The molecular formula is C20H40O. The van der Waals surface area contributed by atoms with Crippen LogP contribution in [0.15, 0.2) is 12.2 Å². The van der Waals surface area contributed by atoms with Crippen molar-refractivity contribution in [2.75, 3.05) is 6.61 Å². The number of aliphatic hydroxyl groups is 1. The van der Waals surface area contributed by atoms with Crippen molar-refractivity contribution in [1.82, 2.24) is 0 Å². The molecule has 0 aromatic carbocycles. The highest BCUT2D eigenvalue weighted by atomic mass is 16.2. The van der Waals surface area contributed by atoms with Gasteiger partial charge in [0.2, 0.25) is 0 Å². The molecule has 0 aliphatic heterocycles. The molecule has 0 fully saturated rings. The Kier molecular flexibility index (Phi) is 19.4. The third-order valence-corrected chi connectivity index (χ3v) is 4.25. The minimum absolute atomic E-state index is 0.193. The number of hydrogen-bond acceptors (Lipinski definition) is 1. The van der Waals surface area contributed by atoms with Crippen molar-refractivity contribution >= 4 is 0 Å². The highest BCUT2D eigenvalue weighted by molar-refractivity contribution is 4.80. The number of allylic oxidation sites excluding steroid dienone is 1. The highest BCUT2D eigenvalue weighted by Crippen LogP contribution is 2.13. The van der Waals surface area contributed by atoms with Crippen molar-refractivity contribution in [2.45, 2.75) is 110 Å². The smallest absolute Gasteiger partial charge is 0.0612 e. The lowest BCUT2D eigenvalue weighted by molar-refractivity contribution is 0.342. The predicted octanol–water partition coefficient (Wildman–Crippen LogP) is 6.80. The van der Waals surface area contributed by atoms with E-state index in [1.807, 2.05) is 6.08 Å². The molecule has 0 radical (unpaired) electrons. The summed E-state index contributed by atoms with van der Waals surface area (Å²) in [6.45, 7) is 2.48. The lowest BCUT2D eigenvalue weighted by atomic mass is 10.0. The van der Waals surface area contributed by atoms with Gasteiger partial charge in [0, 0.05) is 0 Å². The average molecular weight is 297 g/mol. The molecule has 0 heterocycles. The van der Waals surface area contributed by atoms with Gasteiger partial charge in [0.25, 0.3) is 0 Å². The molecule has 0 spiro atoms. The van der Waals surface area contributed by atoms with Gasteiger partial charge >= 0.3 is 0 Å². The van der Waals surface area contributed by atoms with Gasteiger partial charge in [-0.2, -0.15) is 0 Å². The van der Waals surface area contributed by atoms with Crippen LogP contribution in [0.25, 0.3) is 0 Å². The standard InChI is InChI=1S/C20H40O/c1-2-3-4-5-6-7-8-9-10-11-12-13-14-15-16-17-18-19-20-21/h18-19,21H,2-17,20H2,1H3. The summed E-state index contributed by atoms with van der Waals surface area (Å²) in [5.41, 5.74) is 0. The van der Waals surface area contributed by atoms with E-state index in [1.54, 1.807) is 0 Å². The predicted molar refractivity (Wildman–Crippen MR) is 95.8 cm³/mol. The zero-order valence-electron chi connectivity index (χ0n) is 14.6. The van der Waals surface area contributed by atoms with Crippen LogP contribution in [0.1, 0.15) is 110 Å². The fourth-order valence-corrected chi connectivity index (χ4v) is 2.83. The first kappa shape index (κ1) is 20.7. The van der Waals surface area contributed by atoms with Gasteiger partial charge in [-0.05, 0) is 12.8 Å². The minimum Gasteiger partial charge on any atom is -0.392 e. The third-order valence-electron chi connectivity index (χ3n) is 4.25. The molecule has 0 amide bonds. The van der Waals surface area contributed by atoms with Crippen LogP contribution in [0, 0.1) is 0 Å². The number of unbranched alkanes of at least 4 members (excludes halogenated alkanes) is 15. The van der Waals surface area contributed by atoms with Gasteiger partial charge in [0.05, 0.1) is 6.61 Å². The van der Waals surface area contributed by atoms with Crippen molar-refractivity contribution in [3.63, 3.8) is 0 Å². The zero-order chi connectivity index (χ0) is 15.4. The van der Waals surface area contributed by atoms with Crippen molar-refractivity contribution < 1.29 is 5.11 Å². The summed E-state index contributed by atoms with van der Waals surface area (Å²) >= 11 is 0. The summed E-state index contributed by atoms with van der Waals surface area (Å²) in [7, 11) is 0. The molecule has 126 valence electrons. The van der Waals surface area contributed by atoms with Crippen LogP contribution in [0.3, 0.4) is 0 Å². The van der Waals surface area contributed by atoms with Crippen LogP contribution in [-0.2, 0) is 0 Å². The molecule has 0 saturated carbocycles. The van der Waals surface area contributed by atoms with Gasteiger partial charge in [0.1, 0.15) is 0 Å². The summed E-state index contributed by atoms with van der Waals surface area (Å²) in [6.07, 6.45) is 26.4. The summed E-state index contributed by atoms with van der Waals surface area (Å²) < 4.78 is 0. The quantitative estimate of drug-likeness (QED) is 0.231. The Hall–Kier alpha value is -0.300. The minimum atomic E-state index is 0.193. The van der Waals surface area contributed by atoms with Crippen molar-refractivity contribution in [3.8, 4) is 0 Å². The Labute approximate surface area is 134 Å². The molecule has 0 bridgehead atoms. The van der Waals surface area contributed by atoms with Gasteiger partial charge in [-0.3, -0.25) is 0 Å². The maximum atomic E-state index is 8.60. The summed E-state index contributed by atoms with van der Waals surface area (Å²) in [5.74, 6) is 0. The molecule has 0 rings (SSSR count). The molecule has 0 aliphatic carbocycles. The van der Waals surface area contributed by atoms with Crippen LogP contribution in [-0.4, -0.2) is 11.7 Å². The Morgan fingerprint density at radius 3 is 1.29 bits per heavy atom. The van der Waals surface area contributed by atoms with Gasteiger partial charge in [-0.15, -0.1) is 0 Å². The van der Waals surface area contributed by atoms with Crippen LogP contribution < -0.4 is 0 Å². The summed E-state index contributed by atoms with van der Waals surface area (Å²) in [4.78, 5) is 0. The first-order valence-electron chi connectivity index (χ1n) is 9.67. The summed E-state index contributed by atoms with van der Waals surface area (Å²) in [5, 5.41) is 8.60. The van der Waals surface area contributed by atoms with Gasteiger partial charge in [0.15, 0.2) is 0 Å². The Balaban J connectivity index is 2.95. The second-order valence-electron chi connectivity index (χ2n) is 6.39. The van der Waals surface area contributed by atoms with Gasteiger partial charge in [-0.1, -0.05) is 109 Å². The molecule has 0 aromatic heterocycles. The molecule has 0 atom stereocenters. The normalized spacial score (nSPS) is 11.5. The Morgan fingerprint density at radius 2 is 0.905 bits per heavy atom. The number of aliphatic hydroxyl groups excluding tert-OH is 1. The maximum Gasteiger partial charge on any atom is 0.0612 e. The van der Waals surface area contributed by atoms with E-state index in [-0.39, 0.29) is 6.61 Å². The fraction of sp³-hybridized carbons (Fsp3) is 0.900. The van der Waals surface area contributed by atoms with Crippen LogP contribution in [0.2, 0.25) is 0 Å². The molecule has 0 aliphatic rings. The first-order chi connectivity index (χ1) is 10.4. The molecule has 1 nitrogen and oxygen atoms in total. The lowest BCUT2D eigenvalue weighted by Gasteiger charge is -2.03. The fourth-order valence-electron chi connectivity index (χ4n) is 2.83. The second kappa shape index (κ2) is 19.7. The monoisotopic (exact) mass is 296 g/mol. The van der Waals surface area contributed by atoms with Gasteiger partial charge in [-0.25, -0.2) is 0 Å². The molecule has 1 N–H and O–H groups in total. The van der Waals surface area contributed by atoms with E-state index in [0.29, 0.717) is 0 Å². The summed E-state index contributed by atoms with van der Waals surface area (Å²) in [6, 6.07) is 0. The Morgan fingerprint density at radius 1 is 0.524 bits per heavy atom. The third kappa shape index (κ3) is 19.7. The largest absolute Gasteiger partial charge is 0.392 e. The van der Waals surface area contributed by atoms with E-state index in [4.69, 9.17) is 5.11 Å². The number of rotatable bonds is 17. The van der Waals surface area contributed by atoms with Crippen LogP contribution in [0.4, 0.5) is 0 Å². The Bertz CT molecular complexity index is 198. The van der Waals surface area contributed by atoms with E-state index in [2.05, 4.69) is 13.0 Å². The number of hydrogen-bond donors (Lipinski definition) is 1. The van der Waals surface area contributed by atoms with E-state index in [0.717, 1.165) is 6.42 Å². The van der Waals surface area contributed by atoms with Crippen LogP contribution in [0.5, 0.6) is 0 Å². The van der Waals surface area contributed by atoms with Crippen molar-refractivity contribution in [1.29, 1.82) is 0 Å². The maximum absolute atomic E-state index is 8.60. The van der Waals surface area contributed by atoms with E-state index >= 15 is 0 Å². The molecule has 1 heteroatoms. The molecular weight excluding hydrogens is 256 g/mol.